The van der Waals surface area contributed by atoms with Gasteiger partial charge >= 0.3 is 0 Å². The molecule has 0 amide bonds. The third kappa shape index (κ3) is 3.19. The molecule has 144 valence electrons. The summed E-state index contributed by atoms with van der Waals surface area (Å²) in [5.41, 5.74) is 2.67. The highest BCUT2D eigenvalue weighted by Crippen LogP contribution is 2.33. The molecule has 4 aromatic rings. The summed E-state index contributed by atoms with van der Waals surface area (Å²) in [5.74, 6) is 1.69. The Morgan fingerprint density at radius 2 is 2.00 bits per heavy atom. The summed E-state index contributed by atoms with van der Waals surface area (Å²) >= 11 is 0. The molecule has 0 atom stereocenters. The highest BCUT2D eigenvalue weighted by atomic mass is 19.1. The van der Waals surface area contributed by atoms with Crippen LogP contribution < -0.4 is 0 Å². The smallest absolute Gasteiger partial charge is 0.198 e. The summed E-state index contributed by atoms with van der Waals surface area (Å²) in [6, 6.07) is 8.06. The topological polar surface area (TPSA) is 90.2 Å². The molecule has 0 unspecified atom stereocenters. The second-order valence-corrected chi connectivity index (χ2v) is 7.81. The van der Waals surface area contributed by atoms with Crippen LogP contribution in [0.5, 0.6) is 5.88 Å². The predicted octanol–water partition coefficient (Wildman–Crippen LogP) is 5.35. The molecule has 7 heteroatoms. The van der Waals surface area contributed by atoms with E-state index in [1.807, 2.05) is 13.0 Å². The van der Waals surface area contributed by atoms with E-state index in [9.17, 15) is 9.50 Å². The number of fused-ring (bicyclic) bond motifs is 1. The lowest BCUT2D eigenvalue weighted by molar-refractivity contribution is 0.396. The van der Waals surface area contributed by atoms with Gasteiger partial charge in [0.05, 0.1) is 11.3 Å². The van der Waals surface area contributed by atoms with Crippen molar-refractivity contribution in [3.05, 3.63) is 53.2 Å². The van der Waals surface area contributed by atoms with Crippen molar-refractivity contribution in [3.63, 3.8) is 0 Å². The molecule has 3 heterocycles. The number of halogens is 1. The van der Waals surface area contributed by atoms with Crippen molar-refractivity contribution in [3.8, 4) is 17.1 Å². The summed E-state index contributed by atoms with van der Waals surface area (Å²) < 4.78 is 19.4. The highest BCUT2D eigenvalue weighted by Gasteiger charge is 2.21. The monoisotopic (exact) mass is 380 g/mol. The van der Waals surface area contributed by atoms with Gasteiger partial charge in [-0.05, 0) is 31.2 Å². The summed E-state index contributed by atoms with van der Waals surface area (Å²) in [6.45, 7) is 8.18. The van der Waals surface area contributed by atoms with Crippen LogP contribution in [0.2, 0.25) is 0 Å². The Hall–Kier alpha value is -3.35. The van der Waals surface area contributed by atoms with E-state index in [1.54, 1.807) is 12.1 Å². The number of aromatic amines is 2. The van der Waals surface area contributed by atoms with Crippen LogP contribution in [0.1, 0.15) is 37.9 Å². The highest BCUT2D eigenvalue weighted by molar-refractivity contribution is 6.02. The zero-order valence-corrected chi connectivity index (χ0v) is 16.1. The van der Waals surface area contributed by atoms with E-state index in [1.165, 1.54) is 18.3 Å². The van der Waals surface area contributed by atoms with Crippen LogP contribution in [0.15, 0.2) is 39.7 Å². The van der Waals surface area contributed by atoms with Gasteiger partial charge in [-0.3, -0.25) is 5.10 Å². The molecule has 3 N–H and O–H groups in total. The van der Waals surface area contributed by atoms with Crippen LogP contribution >= 0.6 is 0 Å². The molecule has 0 bridgehead atoms. The molecule has 0 spiro atoms. The SMILES string of the molecule is Cc1oc(C(C)(C)C)cc1-c1cc(N=Cc2c(O)[nH]c3ccc(F)cc23)n[nH]1. The maximum atomic E-state index is 13.5. The molecule has 4 rings (SSSR count). The zero-order valence-electron chi connectivity index (χ0n) is 16.1. The fourth-order valence-corrected chi connectivity index (χ4v) is 3.07. The van der Waals surface area contributed by atoms with Crippen LogP contribution in [-0.4, -0.2) is 26.5 Å². The third-order valence-electron chi connectivity index (χ3n) is 4.62. The second kappa shape index (κ2) is 6.37. The Kier molecular flexibility index (Phi) is 4.10. The number of furan rings is 1. The van der Waals surface area contributed by atoms with Crippen LogP contribution in [0.3, 0.4) is 0 Å². The van der Waals surface area contributed by atoms with Crippen molar-refractivity contribution in [1.29, 1.82) is 0 Å². The van der Waals surface area contributed by atoms with Gasteiger partial charge in [-0.25, -0.2) is 9.38 Å². The number of benzene rings is 1. The summed E-state index contributed by atoms with van der Waals surface area (Å²) in [5, 5.41) is 17.8. The van der Waals surface area contributed by atoms with Crippen molar-refractivity contribution >= 4 is 22.9 Å². The van der Waals surface area contributed by atoms with Crippen molar-refractivity contribution in [2.45, 2.75) is 33.1 Å². The van der Waals surface area contributed by atoms with Gasteiger partial charge in [0.1, 0.15) is 17.3 Å². The number of rotatable bonds is 3. The van der Waals surface area contributed by atoms with E-state index in [-0.39, 0.29) is 17.1 Å². The van der Waals surface area contributed by atoms with E-state index in [4.69, 9.17) is 4.42 Å². The minimum Gasteiger partial charge on any atom is -0.494 e. The van der Waals surface area contributed by atoms with E-state index in [2.05, 4.69) is 40.9 Å². The zero-order chi connectivity index (χ0) is 20.1. The molecule has 6 nitrogen and oxygen atoms in total. The molecule has 3 aromatic heterocycles. The largest absolute Gasteiger partial charge is 0.494 e. The van der Waals surface area contributed by atoms with Gasteiger partial charge in [0.15, 0.2) is 11.7 Å². The molecule has 0 saturated heterocycles. The first-order valence-corrected chi connectivity index (χ1v) is 8.93. The van der Waals surface area contributed by atoms with Gasteiger partial charge in [-0.1, -0.05) is 20.8 Å². The molecule has 1 aromatic carbocycles. The number of H-pyrrole nitrogens is 2. The van der Waals surface area contributed by atoms with Gasteiger partial charge < -0.3 is 14.5 Å². The minimum atomic E-state index is -0.381. The quantitative estimate of drug-likeness (QED) is 0.418. The van der Waals surface area contributed by atoms with E-state index in [0.29, 0.717) is 22.3 Å². The van der Waals surface area contributed by atoms with Crippen molar-refractivity contribution in [1.82, 2.24) is 15.2 Å². The second-order valence-electron chi connectivity index (χ2n) is 7.81. The van der Waals surface area contributed by atoms with E-state index in [0.717, 1.165) is 22.8 Å². The molecular formula is C21H21FN4O2. The number of aromatic nitrogens is 3. The molecule has 0 fully saturated rings. The van der Waals surface area contributed by atoms with Gasteiger partial charge in [-0.2, -0.15) is 5.10 Å². The number of aryl methyl sites for hydroxylation is 1. The fourth-order valence-electron chi connectivity index (χ4n) is 3.07. The fraction of sp³-hybridized carbons (Fsp3) is 0.238. The van der Waals surface area contributed by atoms with E-state index >= 15 is 0 Å². The first-order valence-electron chi connectivity index (χ1n) is 8.93. The summed E-state index contributed by atoms with van der Waals surface area (Å²) in [4.78, 5) is 7.12. The number of hydrogen-bond donors (Lipinski definition) is 3. The number of nitrogens with one attached hydrogen (secondary N) is 2. The summed E-state index contributed by atoms with van der Waals surface area (Å²) in [6.07, 6.45) is 1.47. The standard InChI is InChI=1S/C21H21FN4O2/c1-11-13(8-18(28-11)21(2,3)4)17-9-19(26-25-17)23-10-15-14-7-12(22)5-6-16(14)24-20(15)27/h5-10,24,27H,1-4H3,(H,25,26). The average molecular weight is 380 g/mol. The summed E-state index contributed by atoms with van der Waals surface area (Å²) in [7, 11) is 0. The van der Waals surface area contributed by atoms with Crippen molar-refractivity contribution < 1.29 is 13.9 Å². The minimum absolute atomic E-state index is 0.0689. The van der Waals surface area contributed by atoms with E-state index < -0.39 is 0 Å². The van der Waals surface area contributed by atoms with Gasteiger partial charge in [0.2, 0.25) is 0 Å². The lowest BCUT2D eigenvalue weighted by Crippen LogP contribution is -2.09. The van der Waals surface area contributed by atoms with Crippen LogP contribution in [0.4, 0.5) is 10.2 Å². The Morgan fingerprint density at radius 3 is 2.71 bits per heavy atom. The maximum Gasteiger partial charge on any atom is 0.198 e. The van der Waals surface area contributed by atoms with Crippen molar-refractivity contribution in [2.75, 3.05) is 0 Å². The van der Waals surface area contributed by atoms with Crippen LogP contribution in [0, 0.1) is 12.7 Å². The predicted molar refractivity (Wildman–Crippen MR) is 107 cm³/mol. The molecule has 0 aliphatic rings. The van der Waals surface area contributed by atoms with Gasteiger partial charge in [-0.15, -0.1) is 0 Å². The molecule has 0 saturated carbocycles. The number of aromatic hydroxyl groups is 1. The first kappa shape index (κ1) is 18.0. The van der Waals surface area contributed by atoms with Crippen LogP contribution in [0.25, 0.3) is 22.2 Å². The maximum absolute atomic E-state index is 13.5. The third-order valence-corrected chi connectivity index (χ3v) is 4.62. The lowest BCUT2D eigenvalue weighted by atomic mass is 9.93. The number of aliphatic imine (C=N–C) groups is 1. The van der Waals surface area contributed by atoms with Gasteiger partial charge in [0, 0.05) is 34.2 Å². The average Bonchev–Trinajstić information content (AvgIpc) is 3.29. The van der Waals surface area contributed by atoms with Crippen LogP contribution in [-0.2, 0) is 5.41 Å². The molecule has 0 aliphatic heterocycles. The molecular weight excluding hydrogens is 359 g/mol. The molecule has 0 radical (unpaired) electrons. The lowest BCUT2D eigenvalue weighted by Gasteiger charge is -2.13. The Morgan fingerprint density at radius 1 is 1.21 bits per heavy atom. The Labute approximate surface area is 161 Å². The first-order chi connectivity index (χ1) is 13.2. The Balaban J connectivity index is 1.65. The number of hydrogen-bond acceptors (Lipinski definition) is 4. The van der Waals surface area contributed by atoms with Crippen molar-refractivity contribution in [2.24, 2.45) is 4.99 Å². The number of nitrogens with zero attached hydrogens (tertiary/aromatic N) is 2. The normalized spacial score (nSPS) is 12.5. The molecule has 28 heavy (non-hydrogen) atoms. The Bertz CT molecular complexity index is 1190. The molecule has 0 aliphatic carbocycles. The van der Waals surface area contributed by atoms with Gasteiger partial charge in [0.25, 0.3) is 0 Å².